The second-order valence-electron chi connectivity index (χ2n) is 5.57. The molecule has 6 heteroatoms. The first-order valence-electron chi connectivity index (χ1n) is 6.85. The van der Waals surface area contributed by atoms with E-state index >= 15 is 0 Å². The predicted molar refractivity (Wildman–Crippen MR) is 78.9 cm³/mol. The van der Waals surface area contributed by atoms with Gasteiger partial charge in [0, 0.05) is 17.9 Å². The van der Waals surface area contributed by atoms with Gasteiger partial charge in [0.2, 0.25) is 0 Å². The Morgan fingerprint density at radius 2 is 1.90 bits per heavy atom. The zero-order chi connectivity index (χ0) is 15.8. The molecule has 1 aromatic carbocycles. The van der Waals surface area contributed by atoms with Crippen molar-refractivity contribution in [2.24, 2.45) is 0 Å². The molecular weight excluding hydrogens is 290 g/mol. The average Bonchev–Trinajstić information content (AvgIpc) is 2.79. The molecule has 0 N–H and O–H groups in total. The molecule has 1 aliphatic rings. The van der Waals surface area contributed by atoms with Crippen LogP contribution in [-0.4, -0.2) is 43.3 Å². The summed E-state index contributed by atoms with van der Waals surface area (Å²) in [7, 11) is -3.36. The lowest BCUT2D eigenvalue weighted by molar-refractivity contribution is -0.120. The third kappa shape index (κ3) is 3.15. The van der Waals surface area contributed by atoms with Crippen LogP contribution >= 0.6 is 0 Å². The molecule has 2 rings (SSSR count). The summed E-state index contributed by atoms with van der Waals surface area (Å²) in [4.78, 5) is 26.0. The molecule has 0 saturated carbocycles. The van der Waals surface area contributed by atoms with E-state index in [1.807, 2.05) is 6.92 Å². The minimum absolute atomic E-state index is 0.0201. The Balaban J connectivity index is 2.38. The molecule has 5 nitrogen and oxygen atoms in total. The predicted octanol–water partition coefficient (Wildman–Crippen LogP) is 1.67. The molecule has 21 heavy (non-hydrogen) atoms. The van der Waals surface area contributed by atoms with Crippen molar-refractivity contribution in [1.29, 1.82) is 0 Å². The molecule has 0 spiro atoms. The molecule has 1 saturated heterocycles. The number of amides is 1. The van der Waals surface area contributed by atoms with Crippen LogP contribution in [0.4, 0.5) is 0 Å². The molecule has 1 fully saturated rings. The number of hydrogen-bond acceptors (Lipinski definition) is 4. The van der Waals surface area contributed by atoms with E-state index in [9.17, 15) is 18.0 Å². The Hall–Kier alpha value is -1.69. The number of ketones is 1. The van der Waals surface area contributed by atoms with E-state index in [0.29, 0.717) is 12.0 Å². The quantitative estimate of drug-likeness (QED) is 0.851. The standard InChI is InChI=1S/C15H19NO4S/c1-10-7-8-14(11(2)17)16(10)15(18)12-5-4-6-13(9-12)21(3,19)20/h4-6,9-10,14H,7-8H2,1-3H3/t10-,14-/m1/s1. The number of benzene rings is 1. The van der Waals surface area contributed by atoms with Gasteiger partial charge in [-0.3, -0.25) is 9.59 Å². The van der Waals surface area contributed by atoms with Gasteiger partial charge in [-0.25, -0.2) is 8.42 Å². The second kappa shape index (κ2) is 5.60. The maximum atomic E-state index is 12.6. The van der Waals surface area contributed by atoms with Crippen LogP contribution in [-0.2, 0) is 14.6 Å². The molecule has 114 valence electrons. The van der Waals surface area contributed by atoms with E-state index < -0.39 is 15.9 Å². The van der Waals surface area contributed by atoms with Crippen LogP contribution in [0.2, 0.25) is 0 Å². The van der Waals surface area contributed by atoms with Crippen LogP contribution in [0, 0.1) is 0 Å². The molecule has 1 aliphatic heterocycles. The van der Waals surface area contributed by atoms with Gasteiger partial charge in [-0.15, -0.1) is 0 Å². The molecule has 0 bridgehead atoms. The van der Waals surface area contributed by atoms with E-state index in [1.165, 1.54) is 19.1 Å². The van der Waals surface area contributed by atoms with Gasteiger partial charge in [0.25, 0.3) is 5.91 Å². The van der Waals surface area contributed by atoms with Gasteiger partial charge in [-0.2, -0.15) is 0 Å². The molecule has 0 unspecified atom stereocenters. The summed E-state index contributed by atoms with van der Waals surface area (Å²) in [6.07, 6.45) is 2.54. The molecule has 1 aromatic rings. The first-order valence-corrected chi connectivity index (χ1v) is 8.74. The van der Waals surface area contributed by atoms with Crippen LogP contribution in [0.5, 0.6) is 0 Å². The highest BCUT2D eigenvalue weighted by Crippen LogP contribution is 2.27. The summed E-state index contributed by atoms with van der Waals surface area (Å²) >= 11 is 0. The SMILES string of the molecule is CC(=O)[C@H]1CC[C@@H](C)N1C(=O)c1cccc(S(C)(=O)=O)c1. The van der Waals surface area contributed by atoms with E-state index in [2.05, 4.69) is 0 Å². The number of sulfone groups is 1. The average molecular weight is 309 g/mol. The molecular formula is C15H19NO4S. The fraction of sp³-hybridized carbons (Fsp3) is 0.467. The van der Waals surface area contributed by atoms with Crippen molar-refractivity contribution >= 4 is 21.5 Å². The van der Waals surface area contributed by atoms with Gasteiger partial charge in [-0.05, 0) is 44.9 Å². The van der Waals surface area contributed by atoms with E-state index in [1.54, 1.807) is 17.0 Å². The van der Waals surface area contributed by atoms with Crippen molar-refractivity contribution in [1.82, 2.24) is 4.90 Å². The topological polar surface area (TPSA) is 71.5 Å². The number of carbonyl (C=O) groups excluding carboxylic acids is 2. The Bertz CT molecular complexity index is 681. The van der Waals surface area contributed by atoms with Crippen molar-refractivity contribution in [3.63, 3.8) is 0 Å². The van der Waals surface area contributed by atoms with Crippen LogP contribution in [0.25, 0.3) is 0 Å². The molecule has 0 radical (unpaired) electrons. The van der Waals surface area contributed by atoms with Gasteiger partial charge in [0.1, 0.15) is 0 Å². The summed E-state index contributed by atoms with van der Waals surface area (Å²) in [5, 5.41) is 0. The van der Waals surface area contributed by atoms with Crippen molar-refractivity contribution in [3.05, 3.63) is 29.8 Å². The van der Waals surface area contributed by atoms with Crippen LogP contribution in [0.3, 0.4) is 0 Å². The minimum Gasteiger partial charge on any atom is -0.326 e. The highest BCUT2D eigenvalue weighted by Gasteiger charge is 2.37. The molecule has 1 amide bonds. The fourth-order valence-electron chi connectivity index (χ4n) is 2.73. The highest BCUT2D eigenvalue weighted by molar-refractivity contribution is 7.90. The molecule has 2 atom stereocenters. The van der Waals surface area contributed by atoms with Crippen molar-refractivity contribution in [2.45, 2.75) is 43.7 Å². The zero-order valence-corrected chi connectivity index (χ0v) is 13.2. The largest absolute Gasteiger partial charge is 0.326 e. The van der Waals surface area contributed by atoms with Gasteiger partial charge >= 0.3 is 0 Å². The minimum atomic E-state index is -3.36. The lowest BCUT2D eigenvalue weighted by Crippen LogP contribution is -2.43. The van der Waals surface area contributed by atoms with Crippen molar-refractivity contribution in [2.75, 3.05) is 6.26 Å². The maximum Gasteiger partial charge on any atom is 0.254 e. The monoisotopic (exact) mass is 309 g/mol. The zero-order valence-electron chi connectivity index (χ0n) is 12.4. The summed E-state index contributed by atoms with van der Waals surface area (Å²) in [6.45, 7) is 3.39. The number of nitrogens with zero attached hydrogens (tertiary/aromatic N) is 1. The third-order valence-electron chi connectivity index (χ3n) is 3.88. The second-order valence-corrected chi connectivity index (χ2v) is 7.58. The number of hydrogen-bond donors (Lipinski definition) is 0. The fourth-order valence-corrected chi connectivity index (χ4v) is 3.40. The summed E-state index contributed by atoms with van der Waals surface area (Å²) < 4.78 is 23.2. The third-order valence-corrected chi connectivity index (χ3v) is 4.99. The Kier molecular flexibility index (Phi) is 4.18. The van der Waals surface area contributed by atoms with Crippen LogP contribution in [0.15, 0.2) is 29.2 Å². The summed E-state index contributed by atoms with van der Waals surface area (Å²) in [5.74, 6) is -0.322. The van der Waals surface area contributed by atoms with E-state index in [-0.39, 0.29) is 22.6 Å². The number of carbonyl (C=O) groups is 2. The Morgan fingerprint density at radius 3 is 2.48 bits per heavy atom. The Labute approximate surface area is 124 Å². The maximum absolute atomic E-state index is 12.6. The highest BCUT2D eigenvalue weighted by atomic mass is 32.2. The van der Waals surface area contributed by atoms with Gasteiger partial charge in [0.15, 0.2) is 15.6 Å². The first kappa shape index (κ1) is 15.7. The molecule has 0 aromatic heterocycles. The first-order chi connectivity index (χ1) is 9.71. The Morgan fingerprint density at radius 1 is 1.24 bits per heavy atom. The normalized spacial score (nSPS) is 22.3. The van der Waals surface area contributed by atoms with E-state index in [4.69, 9.17) is 0 Å². The van der Waals surface area contributed by atoms with Crippen molar-refractivity contribution < 1.29 is 18.0 Å². The lowest BCUT2D eigenvalue weighted by atomic mass is 10.1. The summed E-state index contributed by atoms with van der Waals surface area (Å²) in [5.41, 5.74) is 0.304. The van der Waals surface area contributed by atoms with Crippen LogP contribution < -0.4 is 0 Å². The van der Waals surface area contributed by atoms with Gasteiger partial charge in [-0.1, -0.05) is 6.07 Å². The van der Waals surface area contributed by atoms with E-state index in [0.717, 1.165) is 12.7 Å². The smallest absolute Gasteiger partial charge is 0.254 e. The number of Topliss-reactive ketones (excluding diaryl/α,β-unsaturated/α-hetero) is 1. The number of likely N-dealkylation sites (tertiary alicyclic amines) is 1. The van der Waals surface area contributed by atoms with Crippen LogP contribution in [0.1, 0.15) is 37.0 Å². The van der Waals surface area contributed by atoms with Gasteiger partial charge < -0.3 is 4.90 Å². The van der Waals surface area contributed by atoms with Gasteiger partial charge in [0.05, 0.1) is 10.9 Å². The van der Waals surface area contributed by atoms with Crippen molar-refractivity contribution in [3.8, 4) is 0 Å². The number of rotatable bonds is 3. The molecule has 0 aliphatic carbocycles. The molecule has 1 heterocycles. The lowest BCUT2D eigenvalue weighted by Gasteiger charge is -2.27. The summed E-state index contributed by atoms with van der Waals surface area (Å²) in [6, 6.07) is 5.54.